The van der Waals surface area contributed by atoms with E-state index in [4.69, 9.17) is 0 Å². The molecule has 88 valence electrons. The quantitative estimate of drug-likeness (QED) is 0.768. The average molecular weight is 236 g/mol. The Morgan fingerprint density at radius 1 is 1.35 bits per heavy atom. The van der Waals surface area contributed by atoms with Crippen LogP contribution >= 0.6 is 0 Å². The third-order valence-electron chi connectivity index (χ3n) is 2.51. The maximum absolute atomic E-state index is 13.7. The van der Waals surface area contributed by atoms with Gasteiger partial charge in [0.05, 0.1) is 11.8 Å². The monoisotopic (exact) mass is 236 g/mol. The molecule has 0 aliphatic carbocycles. The van der Waals surface area contributed by atoms with Crippen LogP contribution in [-0.2, 0) is 6.54 Å². The van der Waals surface area contributed by atoms with E-state index >= 15 is 0 Å². The van der Waals surface area contributed by atoms with Gasteiger partial charge in [0.25, 0.3) is 0 Å². The van der Waals surface area contributed by atoms with E-state index in [1.165, 1.54) is 18.3 Å². The van der Waals surface area contributed by atoms with Crippen molar-refractivity contribution in [1.29, 1.82) is 0 Å². The first kappa shape index (κ1) is 11.4. The molecule has 0 bridgehead atoms. The Kier molecular flexibility index (Phi) is 2.99. The smallest absolute Gasteiger partial charge is 0.169 e. The van der Waals surface area contributed by atoms with E-state index in [0.717, 1.165) is 0 Å². The SMILES string of the molecule is CCn1cc(-c2ccc(C=O)c(F)c2F)cn1. The number of carbonyl (C=O) groups is 1. The first-order chi connectivity index (χ1) is 8.17. The fourth-order valence-corrected chi connectivity index (χ4v) is 1.55. The first-order valence-corrected chi connectivity index (χ1v) is 5.13. The van der Waals surface area contributed by atoms with Crippen molar-refractivity contribution in [3.63, 3.8) is 0 Å². The number of benzene rings is 1. The van der Waals surface area contributed by atoms with Gasteiger partial charge in [-0.05, 0) is 13.0 Å². The van der Waals surface area contributed by atoms with E-state index in [2.05, 4.69) is 5.10 Å². The molecule has 0 aliphatic rings. The third-order valence-corrected chi connectivity index (χ3v) is 2.51. The number of hydrogen-bond acceptors (Lipinski definition) is 2. The van der Waals surface area contributed by atoms with Crippen LogP contribution in [0.25, 0.3) is 11.1 Å². The molecule has 0 amide bonds. The van der Waals surface area contributed by atoms with Gasteiger partial charge in [-0.15, -0.1) is 0 Å². The summed E-state index contributed by atoms with van der Waals surface area (Å²) in [6, 6.07) is 2.63. The summed E-state index contributed by atoms with van der Waals surface area (Å²) in [7, 11) is 0. The van der Waals surface area contributed by atoms with Crippen LogP contribution in [0.4, 0.5) is 8.78 Å². The molecule has 0 fully saturated rings. The highest BCUT2D eigenvalue weighted by Crippen LogP contribution is 2.25. The predicted molar refractivity (Wildman–Crippen MR) is 58.6 cm³/mol. The van der Waals surface area contributed by atoms with Crippen molar-refractivity contribution in [1.82, 2.24) is 9.78 Å². The number of aldehydes is 1. The van der Waals surface area contributed by atoms with Crippen LogP contribution in [-0.4, -0.2) is 16.1 Å². The molecule has 0 saturated heterocycles. The van der Waals surface area contributed by atoms with Crippen molar-refractivity contribution in [3.05, 3.63) is 41.7 Å². The maximum atomic E-state index is 13.7. The van der Waals surface area contributed by atoms with Crippen LogP contribution in [0.5, 0.6) is 0 Å². The molecule has 1 aromatic heterocycles. The van der Waals surface area contributed by atoms with Gasteiger partial charge in [-0.3, -0.25) is 9.48 Å². The van der Waals surface area contributed by atoms with Crippen molar-refractivity contribution in [2.75, 3.05) is 0 Å². The molecule has 5 heteroatoms. The molecular weight excluding hydrogens is 226 g/mol. The Morgan fingerprint density at radius 3 is 2.71 bits per heavy atom. The summed E-state index contributed by atoms with van der Waals surface area (Å²) in [6.07, 6.45) is 3.37. The van der Waals surface area contributed by atoms with Gasteiger partial charge >= 0.3 is 0 Å². The second-order valence-corrected chi connectivity index (χ2v) is 3.53. The summed E-state index contributed by atoms with van der Waals surface area (Å²) >= 11 is 0. The van der Waals surface area contributed by atoms with E-state index < -0.39 is 11.6 Å². The summed E-state index contributed by atoms with van der Waals surface area (Å²) in [5, 5.41) is 3.98. The van der Waals surface area contributed by atoms with Gasteiger partial charge in [0.1, 0.15) is 0 Å². The number of halogens is 2. The average Bonchev–Trinajstić information content (AvgIpc) is 2.81. The lowest BCUT2D eigenvalue weighted by Gasteiger charge is -2.02. The number of rotatable bonds is 3. The topological polar surface area (TPSA) is 34.9 Å². The molecule has 0 unspecified atom stereocenters. The van der Waals surface area contributed by atoms with Crippen LogP contribution < -0.4 is 0 Å². The van der Waals surface area contributed by atoms with Crippen LogP contribution in [0, 0.1) is 11.6 Å². The highest BCUT2D eigenvalue weighted by atomic mass is 19.2. The Morgan fingerprint density at radius 2 is 2.12 bits per heavy atom. The molecule has 0 radical (unpaired) electrons. The second-order valence-electron chi connectivity index (χ2n) is 3.53. The van der Waals surface area contributed by atoms with E-state index in [0.29, 0.717) is 12.1 Å². The first-order valence-electron chi connectivity index (χ1n) is 5.13. The standard InChI is InChI=1S/C12H10F2N2O/c1-2-16-6-9(5-15-16)10-4-3-8(7-17)11(13)12(10)14/h3-7H,2H2,1H3. The van der Waals surface area contributed by atoms with Gasteiger partial charge in [0.2, 0.25) is 0 Å². The molecule has 0 N–H and O–H groups in total. The summed E-state index contributed by atoms with van der Waals surface area (Å²) in [5.41, 5.74) is 0.308. The van der Waals surface area contributed by atoms with Crippen molar-refractivity contribution >= 4 is 6.29 Å². The highest BCUT2D eigenvalue weighted by Gasteiger charge is 2.15. The van der Waals surface area contributed by atoms with Gasteiger partial charge in [0, 0.05) is 23.9 Å². The molecule has 3 nitrogen and oxygen atoms in total. The molecule has 0 spiro atoms. The van der Waals surface area contributed by atoms with E-state index in [9.17, 15) is 13.6 Å². The summed E-state index contributed by atoms with van der Waals surface area (Å²) < 4.78 is 28.7. The van der Waals surface area contributed by atoms with Crippen LogP contribution in [0.3, 0.4) is 0 Å². The summed E-state index contributed by atoms with van der Waals surface area (Å²) in [5.74, 6) is -2.15. The third kappa shape index (κ3) is 1.95. The molecule has 0 saturated carbocycles. The van der Waals surface area contributed by atoms with Crippen LogP contribution in [0.2, 0.25) is 0 Å². The number of nitrogens with zero attached hydrogens (tertiary/aromatic N) is 2. The van der Waals surface area contributed by atoms with E-state index in [-0.39, 0.29) is 17.4 Å². The Hall–Kier alpha value is -2.04. The fraction of sp³-hybridized carbons (Fsp3) is 0.167. The number of carbonyl (C=O) groups excluding carboxylic acids is 1. The zero-order chi connectivity index (χ0) is 12.4. The zero-order valence-electron chi connectivity index (χ0n) is 9.15. The minimum Gasteiger partial charge on any atom is -0.298 e. The fourth-order valence-electron chi connectivity index (χ4n) is 1.55. The lowest BCUT2D eigenvalue weighted by atomic mass is 10.1. The summed E-state index contributed by atoms with van der Waals surface area (Å²) in [4.78, 5) is 10.5. The van der Waals surface area contributed by atoms with Crippen LogP contribution in [0.1, 0.15) is 17.3 Å². The predicted octanol–water partition coefficient (Wildman–Crippen LogP) is 2.66. The minimum atomic E-state index is -1.12. The molecule has 0 aliphatic heterocycles. The Balaban J connectivity index is 2.53. The normalized spacial score (nSPS) is 10.5. The molecular formula is C12H10F2N2O. The van der Waals surface area contributed by atoms with Gasteiger partial charge in [-0.2, -0.15) is 5.10 Å². The lowest BCUT2D eigenvalue weighted by Crippen LogP contribution is -1.95. The van der Waals surface area contributed by atoms with E-state index in [1.54, 1.807) is 10.9 Å². The molecule has 2 aromatic rings. The molecule has 17 heavy (non-hydrogen) atoms. The van der Waals surface area contributed by atoms with Crippen LogP contribution in [0.15, 0.2) is 24.5 Å². The largest absolute Gasteiger partial charge is 0.298 e. The summed E-state index contributed by atoms with van der Waals surface area (Å²) in [6.45, 7) is 2.54. The Labute approximate surface area is 96.7 Å². The molecule has 1 heterocycles. The van der Waals surface area contributed by atoms with Gasteiger partial charge < -0.3 is 0 Å². The van der Waals surface area contributed by atoms with Crippen molar-refractivity contribution in [2.24, 2.45) is 0 Å². The maximum Gasteiger partial charge on any atom is 0.169 e. The van der Waals surface area contributed by atoms with Gasteiger partial charge in [-0.25, -0.2) is 8.78 Å². The van der Waals surface area contributed by atoms with Gasteiger partial charge in [-0.1, -0.05) is 6.07 Å². The second kappa shape index (κ2) is 4.45. The highest BCUT2D eigenvalue weighted by molar-refractivity contribution is 5.77. The van der Waals surface area contributed by atoms with Crippen molar-refractivity contribution in [3.8, 4) is 11.1 Å². The number of aromatic nitrogens is 2. The van der Waals surface area contributed by atoms with E-state index in [1.807, 2.05) is 6.92 Å². The molecule has 0 atom stereocenters. The lowest BCUT2D eigenvalue weighted by molar-refractivity contribution is 0.111. The molecule has 2 rings (SSSR count). The van der Waals surface area contributed by atoms with Gasteiger partial charge in [0.15, 0.2) is 17.9 Å². The zero-order valence-corrected chi connectivity index (χ0v) is 9.15. The van der Waals surface area contributed by atoms with Crippen molar-refractivity contribution < 1.29 is 13.6 Å². The number of aryl methyl sites for hydroxylation is 1. The Bertz CT molecular complexity index is 564. The minimum absolute atomic E-state index is 0.104. The van der Waals surface area contributed by atoms with Crippen molar-refractivity contribution in [2.45, 2.75) is 13.5 Å². The number of hydrogen-bond donors (Lipinski definition) is 0. The molecule has 1 aromatic carbocycles.